The number of hydrogen-bond acceptors (Lipinski definition) is 3. The van der Waals surface area contributed by atoms with E-state index in [4.69, 9.17) is 9.15 Å². The normalized spacial score (nSPS) is 11.4. The maximum atomic E-state index is 5.66. The average molecular weight is 261 g/mol. The van der Waals surface area contributed by atoms with Crippen molar-refractivity contribution in [2.45, 2.75) is 33.7 Å². The summed E-state index contributed by atoms with van der Waals surface area (Å²) in [6.45, 7) is 8.41. The summed E-state index contributed by atoms with van der Waals surface area (Å²) in [7, 11) is 1.69. The highest BCUT2D eigenvalue weighted by Crippen LogP contribution is 2.31. The molecule has 0 unspecified atom stereocenters. The number of ether oxygens (including phenoxy) is 1. The molecule has 0 bridgehead atoms. The fraction of sp³-hybridized carbons (Fsp3) is 0.500. The van der Waals surface area contributed by atoms with Crippen LogP contribution in [0.4, 0.5) is 0 Å². The first kappa shape index (κ1) is 13.9. The van der Waals surface area contributed by atoms with E-state index in [1.165, 1.54) is 11.1 Å². The summed E-state index contributed by atoms with van der Waals surface area (Å²) in [5, 5.41) is 4.61. The van der Waals surface area contributed by atoms with E-state index in [9.17, 15) is 0 Å². The molecule has 1 heterocycles. The zero-order valence-corrected chi connectivity index (χ0v) is 12.2. The second-order valence-corrected chi connectivity index (χ2v) is 5.31. The molecule has 0 fully saturated rings. The first-order chi connectivity index (χ1) is 9.15. The molecule has 2 aromatic rings. The van der Waals surface area contributed by atoms with Crippen molar-refractivity contribution in [1.82, 2.24) is 5.32 Å². The Morgan fingerprint density at radius 3 is 2.74 bits per heavy atom. The van der Waals surface area contributed by atoms with E-state index in [2.05, 4.69) is 38.2 Å². The van der Waals surface area contributed by atoms with Crippen molar-refractivity contribution in [1.29, 1.82) is 0 Å². The highest BCUT2D eigenvalue weighted by Gasteiger charge is 2.12. The number of rotatable bonds is 6. The molecule has 0 aliphatic carbocycles. The Morgan fingerprint density at radius 2 is 2.11 bits per heavy atom. The van der Waals surface area contributed by atoms with Gasteiger partial charge in [-0.05, 0) is 36.6 Å². The number of aryl methyl sites for hydroxylation is 1. The third-order valence-corrected chi connectivity index (χ3v) is 3.28. The highest BCUT2D eigenvalue weighted by molar-refractivity contribution is 5.87. The van der Waals surface area contributed by atoms with Crippen molar-refractivity contribution in [2.24, 2.45) is 5.92 Å². The molecule has 1 aromatic carbocycles. The number of nitrogens with one attached hydrogen (secondary N) is 1. The predicted octanol–water partition coefficient (Wildman–Crippen LogP) is 3.75. The van der Waals surface area contributed by atoms with Crippen LogP contribution in [0.2, 0.25) is 0 Å². The lowest BCUT2D eigenvalue weighted by molar-refractivity contribution is 0.409. The third-order valence-electron chi connectivity index (χ3n) is 3.28. The SMILES string of the molecule is CCc1cc(OC)c2occ(CNCC(C)C)c2c1. The number of fused-ring (bicyclic) bond motifs is 1. The molecule has 0 aliphatic rings. The molecule has 104 valence electrons. The van der Waals surface area contributed by atoms with Gasteiger partial charge in [-0.1, -0.05) is 20.8 Å². The molecule has 3 nitrogen and oxygen atoms in total. The summed E-state index contributed by atoms with van der Waals surface area (Å²) in [5.74, 6) is 1.48. The summed E-state index contributed by atoms with van der Waals surface area (Å²) < 4.78 is 11.1. The molecule has 0 aliphatic heterocycles. The van der Waals surface area contributed by atoms with Gasteiger partial charge in [0.25, 0.3) is 0 Å². The van der Waals surface area contributed by atoms with Gasteiger partial charge in [0, 0.05) is 17.5 Å². The topological polar surface area (TPSA) is 34.4 Å². The van der Waals surface area contributed by atoms with Crippen molar-refractivity contribution in [2.75, 3.05) is 13.7 Å². The van der Waals surface area contributed by atoms with Crippen molar-refractivity contribution in [3.05, 3.63) is 29.5 Å². The largest absolute Gasteiger partial charge is 0.493 e. The molecule has 0 saturated carbocycles. The minimum atomic E-state index is 0.652. The fourth-order valence-corrected chi connectivity index (χ4v) is 2.20. The van der Waals surface area contributed by atoms with Crippen LogP contribution in [-0.2, 0) is 13.0 Å². The maximum absolute atomic E-state index is 5.66. The minimum absolute atomic E-state index is 0.652. The summed E-state index contributed by atoms with van der Waals surface area (Å²) in [5.41, 5.74) is 3.32. The first-order valence-electron chi connectivity index (χ1n) is 6.93. The van der Waals surface area contributed by atoms with E-state index in [-0.39, 0.29) is 0 Å². The van der Waals surface area contributed by atoms with Crippen molar-refractivity contribution in [3.8, 4) is 5.75 Å². The van der Waals surface area contributed by atoms with Gasteiger partial charge in [0.15, 0.2) is 11.3 Å². The van der Waals surface area contributed by atoms with E-state index < -0.39 is 0 Å². The van der Waals surface area contributed by atoms with E-state index in [0.29, 0.717) is 5.92 Å². The number of hydrogen-bond donors (Lipinski definition) is 1. The maximum Gasteiger partial charge on any atom is 0.176 e. The summed E-state index contributed by atoms with van der Waals surface area (Å²) >= 11 is 0. The predicted molar refractivity (Wildman–Crippen MR) is 78.7 cm³/mol. The van der Waals surface area contributed by atoms with Gasteiger partial charge in [0.1, 0.15) is 0 Å². The molecule has 0 saturated heterocycles. The third kappa shape index (κ3) is 3.10. The number of methoxy groups -OCH3 is 1. The van der Waals surface area contributed by atoms with E-state index in [0.717, 1.165) is 36.2 Å². The quantitative estimate of drug-likeness (QED) is 0.860. The zero-order chi connectivity index (χ0) is 13.8. The van der Waals surface area contributed by atoms with Crippen LogP contribution in [0.5, 0.6) is 5.75 Å². The molecule has 3 heteroatoms. The number of benzene rings is 1. The van der Waals surface area contributed by atoms with E-state index >= 15 is 0 Å². The molecule has 0 spiro atoms. The van der Waals surface area contributed by atoms with Gasteiger partial charge in [-0.15, -0.1) is 0 Å². The molecule has 19 heavy (non-hydrogen) atoms. The Balaban J connectivity index is 2.29. The molecular weight excluding hydrogens is 238 g/mol. The molecule has 0 atom stereocenters. The van der Waals surface area contributed by atoms with Gasteiger partial charge in [-0.2, -0.15) is 0 Å². The Morgan fingerprint density at radius 1 is 1.32 bits per heavy atom. The molecule has 0 amide bonds. The minimum Gasteiger partial charge on any atom is -0.493 e. The van der Waals surface area contributed by atoms with Gasteiger partial charge in [-0.25, -0.2) is 0 Å². The first-order valence-corrected chi connectivity index (χ1v) is 6.93. The Hall–Kier alpha value is -1.48. The van der Waals surface area contributed by atoms with Crippen LogP contribution in [-0.4, -0.2) is 13.7 Å². The summed E-state index contributed by atoms with van der Waals surface area (Å²) in [6, 6.07) is 4.25. The molecule has 2 rings (SSSR count). The van der Waals surface area contributed by atoms with Crippen molar-refractivity contribution in [3.63, 3.8) is 0 Å². The molecule has 1 N–H and O–H groups in total. The van der Waals surface area contributed by atoms with Gasteiger partial charge >= 0.3 is 0 Å². The molecule has 1 aromatic heterocycles. The number of furan rings is 1. The second kappa shape index (κ2) is 6.11. The van der Waals surface area contributed by atoms with Crippen LogP contribution in [0, 0.1) is 5.92 Å². The van der Waals surface area contributed by atoms with Crippen LogP contribution >= 0.6 is 0 Å². The zero-order valence-electron chi connectivity index (χ0n) is 12.2. The van der Waals surface area contributed by atoms with Gasteiger partial charge < -0.3 is 14.5 Å². The Bertz CT molecular complexity index is 543. The van der Waals surface area contributed by atoms with Crippen LogP contribution < -0.4 is 10.1 Å². The standard InChI is InChI=1S/C16H23NO2/c1-5-12-6-14-13(9-17-8-11(2)3)10-19-16(14)15(7-12)18-4/h6-7,10-11,17H,5,8-9H2,1-4H3. The van der Waals surface area contributed by atoms with Crippen molar-refractivity contribution >= 4 is 11.0 Å². The fourth-order valence-electron chi connectivity index (χ4n) is 2.20. The monoisotopic (exact) mass is 261 g/mol. The van der Waals surface area contributed by atoms with Crippen LogP contribution in [0.15, 0.2) is 22.8 Å². The lowest BCUT2D eigenvalue weighted by Gasteiger charge is -2.07. The molecule has 0 radical (unpaired) electrons. The lowest BCUT2D eigenvalue weighted by Crippen LogP contribution is -2.18. The highest BCUT2D eigenvalue weighted by atomic mass is 16.5. The van der Waals surface area contributed by atoms with Crippen LogP contribution in [0.1, 0.15) is 31.9 Å². The average Bonchev–Trinajstić information content (AvgIpc) is 2.80. The van der Waals surface area contributed by atoms with Crippen LogP contribution in [0.25, 0.3) is 11.0 Å². The van der Waals surface area contributed by atoms with Gasteiger partial charge in [-0.3, -0.25) is 0 Å². The van der Waals surface area contributed by atoms with Crippen molar-refractivity contribution < 1.29 is 9.15 Å². The van der Waals surface area contributed by atoms with E-state index in [1.54, 1.807) is 7.11 Å². The molecular formula is C16H23NO2. The van der Waals surface area contributed by atoms with E-state index in [1.807, 2.05) is 6.26 Å². The second-order valence-electron chi connectivity index (χ2n) is 5.31. The lowest BCUT2D eigenvalue weighted by atomic mass is 10.1. The summed E-state index contributed by atoms with van der Waals surface area (Å²) in [6.07, 6.45) is 2.83. The summed E-state index contributed by atoms with van der Waals surface area (Å²) in [4.78, 5) is 0. The van der Waals surface area contributed by atoms with Gasteiger partial charge in [0.05, 0.1) is 13.4 Å². The Labute approximate surface area is 114 Å². The smallest absolute Gasteiger partial charge is 0.176 e. The van der Waals surface area contributed by atoms with Gasteiger partial charge in [0.2, 0.25) is 0 Å². The Kier molecular flexibility index (Phi) is 4.48. The van der Waals surface area contributed by atoms with Crippen LogP contribution in [0.3, 0.4) is 0 Å².